The second-order valence-corrected chi connectivity index (χ2v) is 6.71. The fourth-order valence-corrected chi connectivity index (χ4v) is 3.71. The molecule has 26 heavy (non-hydrogen) atoms. The molecule has 134 valence electrons. The quantitative estimate of drug-likeness (QED) is 0.617. The van der Waals surface area contributed by atoms with Gasteiger partial charge in [0.1, 0.15) is 5.01 Å². The Bertz CT molecular complexity index is 898. The van der Waals surface area contributed by atoms with Crippen molar-refractivity contribution in [3.8, 4) is 10.6 Å². The summed E-state index contributed by atoms with van der Waals surface area (Å²) in [6.07, 6.45) is 0. The highest BCUT2D eigenvalue weighted by atomic mass is 32.1. The molecule has 3 rings (SSSR count). The summed E-state index contributed by atoms with van der Waals surface area (Å²) >= 11 is 1.52. The third-order valence-corrected chi connectivity index (χ3v) is 5.18. The number of para-hydroxylation sites is 1. The van der Waals surface area contributed by atoms with Gasteiger partial charge in [-0.1, -0.05) is 30.3 Å². The number of carbonyl (C=O) groups is 2. The van der Waals surface area contributed by atoms with Crippen molar-refractivity contribution in [2.24, 2.45) is 0 Å². The van der Waals surface area contributed by atoms with Gasteiger partial charge in [0.2, 0.25) is 0 Å². The third kappa shape index (κ3) is 3.75. The van der Waals surface area contributed by atoms with Crippen LogP contribution in [0.25, 0.3) is 20.8 Å². The lowest BCUT2D eigenvalue weighted by Crippen LogP contribution is -2.34. The second-order valence-electron chi connectivity index (χ2n) is 5.67. The first-order chi connectivity index (χ1) is 12.6. The maximum Gasteiger partial charge on any atom is 0.339 e. The molecule has 0 aliphatic heterocycles. The first-order valence-corrected chi connectivity index (χ1v) is 9.35. The van der Waals surface area contributed by atoms with Crippen LogP contribution < -0.4 is 0 Å². The molecule has 5 nitrogen and oxygen atoms in total. The van der Waals surface area contributed by atoms with E-state index in [1.165, 1.54) is 11.3 Å². The van der Waals surface area contributed by atoms with Gasteiger partial charge in [-0.25, -0.2) is 9.78 Å². The van der Waals surface area contributed by atoms with Gasteiger partial charge in [-0.05, 0) is 32.0 Å². The number of hydrogen-bond donors (Lipinski definition) is 0. The van der Waals surface area contributed by atoms with E-state index in [2.05, 4.69) is 4.98 Å². The number of thiazole rings is 1. The first kappa shape index (κ1) is 18.1. The minimum Gasteiger partial charge on any atom is -0.452 e. The molecule has 0 unspecified atom stereocenters. The molecule has 0 radical (unpaired) electrons. The van der Waals surface area contributed by atoms with E-state index in [-0.39, 0.29) is 12.5 Å². The van der Waals surface area contributed by atoms with Crippen molar-refractivity contribution in [1.29, 1.82) is 0 Å². The lowest BCUT2D eigenvalue weighted by atomic mass is 10.1. The normalized spacial score (nSPS) is 10.7. The van der Waals surface area contributed by atoms with Crippen LogP contribution in [0.15, 0.2) is 48.5 Å². The number of fused-ring (bicyclic) bond motifs is 1. The van der Waals surface area contributed by atoms with Crippen LogP contribution in [0.5, 0.6) is 0 Å². The Labute approximate surface area is 156 Å². The van der Waals surface area contributed by atoms with Crippen molar-refractivity contribution < 1.29 is 14.3 Å². The molecule has 1 amide bonds. The summed E-state index contributed by atoms with van der Waals surface area (Å²) < 4.78 is 6.32. The Morgan fingerprint density at radius 2 is 1.73 bits per heavy atom. The smallest absolute Gasteiger partial charge is 0.339 e. The summed E-state index contributed by atoms with van der Waals surface area (Å²) in [5.41, 5.74) is 2.03. The molecule has 1 aromatic heterocycles. The number of carbonyl (C=O) groups excluding carboxylic acids is 2. The largest absolute Gasteiger partial charge is 0.452 e. The summed E-state index contributed by atoms with van der Waals surface area (Å²) in [6.45, 7) is 4.72. The third-order valence-electron chi connectivity index (χ3n) is 4.11. The minimum atomic E-state index is -0.514. The van der Waals surface area contributed by atoms with Crippen molar-refractivity contribution >= 4 is 33.4 Å². The standard InChI is InChI=1S/C20H20N2O3S/c1-3-22(4-2)18(23)13-25-20(24)15-10-6-5-9-14(15)19-21-16-11-7-8-12-17(16)26-19/h5-12H,3-4,13H2,1-2H3. The second kappa shape index (κ2) is 8.10. The van der Waals surface area contributed by atoms with Crippen LogP contribution in [-0.2, 0) is 9.53 Å². The highest BCUT2D eigenvalue weighted by Gasteiger charge is 2.19. The Balaban J connectivity index is 1.82. The highest BCUT2D eigenvalue weighted by molar-refractivity contribution is 7.21. The molecule has 3 aromatic rings. The number of esters is 1. The van der Waals surface area contributed by atoms with Crippen LogP contribution in [-0.4, -0.2) is 41.5 Å². The zero-order valence-corrected chi connectivity index (χ0v) is 15.6. The molecule has 0 atom stereocenters. The van der Waals surface area contributed by atoms with Crippen LogP contribution in [0.3, 0.4) is 0 Å². The number of rotatable bonds is 6. The van der Waals surface area contributed by atoms with Crippen molar-refractivity contribution in [3.63, 3.8) is 0 Å². The zero-order chi connectivity index (χ0) is 18.5. The molecule has 2 aromatic carbocycles. The van der Waals surface area contributed by atoms with Gasteiger partial charge in [0.15, 0.2) is 6.61 Å². The lowest BCUT2D eigenvalue weighted by Gasteiger charge is -2.18. The van der Waals surface area contributed by atoms with E-state index in [1.54, 1.807) is 17.0 Å². The summed E-state index contributed by atoms with van der Waals surface area (Å²) in [5, 5.41) is 0.758. The van der Waals surface area contributed by atoms with Gasteiger partial charge < -0.3 is 9.64 Å². The van der Waals surface area contributed by atoms with Crippen LogP contribution in [0.4, 0.5) is 0 Å². The molecule has 1 heterocycles. The number of likely N-dealkylation sites (N-methyl/N-ethyl adjacent to an activating group) is 1. The minimum absolute atomic E-state index is 0.194. The number of nitrogens with zero attached hydrogens (tertiary/aromatic N) is 2. The fourth-order valence-electron chi connectivity index (χ4n) is 2.71. The van der Waals surface area contributed by atoms with Gasteiger partial charge >= 0.3 is 5.97 Å². The maximum atomic E-state index is 12.5. The number of benzene rings is 2. The molecule has 6 heteroatoms. The van der Waals surface area contributed by atoms with Gasteiger partial charge in [-0.3, -0.25) is 4.79 Å². The van der Waals surface area contributed by atoms with Gasteiger partial charge in [0.25, 0.3) is 5.91 Å². The predicted molar refractivity (Wildman–Crippen MR) is 103 cm³/mol. The van der Waals surface area contributed by atoms with Gasteiger partial charge in [0.05, 0.1) is 15.8 Å². The predicted octanol–water partition coefficient (Wildman–Crippen LogP) is 3.99. The fraction of sp³-hybridized carbons (Fsp3) is 0.250. The molecule has 0 bridgehead atoms. The molecule has 0 aliphatic carbocycles. The van der Waals surface area contributed by atoms with E-state index in [0.29, 0.717) is 24.2 Å². The van der Waals surface area contributed by atoms with Crippen molar-refractivity contribution in [3.05, 3.63) is 54.1 Å². The van der Waals surface area contributed by atoms with Crippen LogP contribution >= 0.6 is 11.3 Å². The van der Waals surface area contributed by atoms with Gasteiger partial charge in [-0.15, -0.1) is 11.3 Å². The topological polar surface area (TPSA) is 59.5 Å². The Morgan fingerprint density at radius 3 is 2.46 bits per heavy atom. The van der Waals surface area contributed by atoms with Crippen molar-refractivity contribution in [2.45, 2.75) is 13.8 Å². The Hall–Kier alpha value is -2.73. The average Bonchev–Trinajstić information content (AvgIpc) is 3.11. The lowest BCUT2D eigenvalue weighted by molar-refractivity contribution is -0.134. The SMILES string of the molecule is CCN(CC)C(=O)COC(=O)c1ccccc1-c1nc2ccccc2s1. The molecular formula is C20H20N2O3S. The Morgan fingerprint density at radius 1 is 1.04 bits per heavy atom. The zero-order valence-electron chi connectivity index (χ0n) is 14.8. The maximum absolute atomic E-state index is 12.5. The summed E-state index contributed by atoms with van der Waals surface area (Å²) in [5.74, 6) is -0.707. The van der Waals surface area contributed by atoms with Crippen molar-refractivity contribution in [2.75, 3.05) is 19.7 Å². The summed E-state index contributed by atoms with van der Waals surface area (Å²) in [7, 11) is 0. The first-order valence-electron chi connectivity index (χ1n) is 8.54. The van der Waals surface area contributed by atoms with E-state index in [0.717, 1.165) is 15.2 Å². The number of amides is 1. The molecule has 0 fully saturated rings. The molecule has 0 N–H and O–H groups in total. The molecule has 0 saturated heterocycles. The summed E-state index contributed by atoms with van der Waals surface area (Å²) in [4.78, 5) is 30.8. The van der Waals surface area contributed by atoms with E-state index in [9.17, 15) is 9.59 Å². The monoisotopic (exact) mass is 368 g/mol. The number of aromatic nitrogens is 1. The summed E-state index contributed by atoms with van der Waals surface area (Å²) in [6, 6.07) is 15.0. The van der Waals surface area contributed by atoms with E-state index >= 15 is 0 Å². The highest BCUT2D eigenvalue weighted by Crippen LogP contribution is 2.32. The van der Waals surface area contributed by atoms with Crippen LogP contribution in [0.2, 0.25) is 0 Å². The van der Waals surface area contributed by atoms with Gasteiger partial charge in [-0.2, -0.15) is 0 Å². The van der Waals surface area contributed by atoms with E-state index < -0.39 is 5.97 Å². The molecule has 0 spiro atoms. The van der Waals surface area contributed by atoms with E-state index in [4.69, 9.17) is 4.74 Å². The van der Waals surface area contributed by atoms with Crippen LogP contribution in [0.1, 0.15) is 24.2 Å². The number of hydrogen-bond acceptors (Lipinski definition) is 5. The van der Waals surface area contributed by atoms with Gasteiger partial charge in [0, 0.05) is 18.7 Å². The van der Waals surface area contributed by atoms with Crippen LogP contribution in [0, 0.1) is 0 Å². The molecule has 0 aliphatic rings. The molecule has 0 saturated carbocycles. The molecular weight excluding hydrogens is 348 g/mol. The van der Waals surface area contributed by atoms with E-state index in [1.807, 2.05) is 50.2 Å². The number of ether oxygens (including phenoxy) is 1. The average molecular weight is 368 g/mol. The van der Waals surface area contributed by atoms with Crippen molar-refractivity contribution in [1.82, 2.24) is 9.88 Å². The Kier molecular flexibility index (Phi) is 5.63.